The van der Waals surface area contributed by atoms with Crippen LogP contribution in [-0.4, -0.2) is 17.9 Å². The third-order valence-corrected chi connectivity index (χ3v) is 3.76. The van der Waals surface area contributed by atoms with Gasteiger partial charge in [-0.2, -0.15) is 0 Å². The molecule has 1 N–H and O–H groups in total. The zero-order valence-electron chi connectivity index (χ0n) is 14.1. The molecule has 0 aliphatic heterocycles. The Bertz CT molecular complexity index is 785. The number of rotatable bonds is 5. The molecule has 0 aliphatic carbocycles. The minimum Gasteiger partial charge on any atom is -0.496 e. The van der Waals surface area contributed by atoms with Gasteiger partial charge in [0.05, 0.1) is 12.0 Å². The maximum Gasteiger partial charge on any atom is 0.271 e. The van der Waals surface area contributed by atoms with E-state index in [4.69, 9.17) is 4.74 Å². The molecule has 1 amide bonds. The number of nitro benzene ring substituents is 1. The molecule has 0 spiro atoms. The maximum atomic E-state index is 12.6. The first-order valence-corrected chi connectivity index (χ1v) is 7.57. The molecule has 0 radical (unpaired) electrons. The van der Waals surface area contributed by atoms with Gasteiger partial charge in [0, 0.05) is 23.4 Å². The van der Waals surface area contributed by atoms with Gasteiger partial charge in [0.1, 0.15) is 5.75 Å². The van der Waals surface area contributed by atoms with E-state index in [9.17, 15) is 14.9 Å². The first-order valence-electron chi connectivity index (χ1n) is 7.57. The maximum absolute atomic E-state index is 12.6. The van der Waals surface area contributed by atoms with Crippen LogP contribution < -0.4 is 10.1 Å². The summed E-state index contributed by atoms with van der Waals surface area (Å²) in [5, 5.41) is 13.5. The van der Waals surface area contributed by atoms with E-state index in [2.05, 4.69) is 5.32 Å². The summed E-state index contributed by atoms with van der Waals surface area (Å²) in [6.45, 7) is 5.87. The standard InChI is InChI=1S/C18H20N2O4/c1-11(2)15-10-16(12(3)8-17(15)24-4)18(21)19-13-6-5-7-14(9-13)20(22)23/h5-11H,1-4H3,(H,19,21). The van der Waals surface area contributed by atoms with Crippen molar-refractivity contribution in [3.63, 3.8) is 0 Å². The lowest BCUT2D eigenvalue weighted by Crippen LogP contribution is -2.14. The zero-order valence-corrected chi connectivity index (χ0v) is 14.1. The number of non-ortho nitro benzene ring substituents is 1. The van der Waals surface area contributed by atoms with Gasteiger partial charge in [-0.3, -0.25) is 14.9 Å². The minimum atomic E-state index is -0.495. The van der Waals surface area contributed by atoms with E-state index < -0.39 is 4.92 Å². The molecule has 0 aliphatic rings. The lowest BCUT2D eigenvalue weighted by molar-refractivity contribution is -0.384. The van der Waals surface area contributed by atoms with Crippen molar-refractivity contribution in [2.24, 2.45) is 0 Å². The van der Waals surface area contributed by atoms with E-state index in [0.29, 0.717) is 11.3 Å². The van der Waals surface area contributed by atoms with Gasteiger partial charge in [0.15, 0.2) is 0 Å². The number of hydrogen-bond acceptors (Lipinski definition) is 4. The number of benzene rings is 2. The number of anilines is 1. The van der Waals surface area contributed by atoms with Crippen LogP contribution in [0.1, 0.15) is 41.3 Å². The number of nitrogens with zero attached hydrogens (tertiary/aromatic N) is 1. The number of amides is 1. The molecular weight excluding hydrogens is 308 g/mol. The minimum absolute atomic E-state index is 0.0675. The number of methoxy groups -OCH3 is 1. The Kier molecular flexibility index (Phi) is 5.18. The summed E-state index contributed by atoms with van der Waals surface area (Å²) >= 11 is 0. The van der Waals surface area contributed by atoms with Crippen LogP contribution in [0.3, 0.4) is 0 Å². The second kappa shape index (κ2) is 7.12. The number of aryl methyl sites for hydroxylation is 1. The van der Waals surface area contributed by atoms with Gasteiger partial charge in [0.2, 0.25) is 0 Å². The van der Waals surface area contributed by atoms with Gasteiger partial charge in [-0.15, -0.1) is 0 Å². The second-order valence-electron chi connectivity index (χ2n) is 5.83. The largest absolute Gasteiger partial charge is 0.496 e. The Morgan fingerprint density at radius 1 is 1.25 bits per heavy atom. The number of nitro groups is 1. The number of nitrogens with one attached hydrogen (secondary N) is 1. The van der Waals surface area contributed by atoms with Crippen LogP contribution >= 0.6 is 0 Å². The van der Waals surface area contributed by atoms with E-state index in [1.165, 1.54) is 18.2 Å². The van der Waals surface area contributed by atoms with Crippen LogP contribution in [-0.2, 0) is 0 Å². The summed E-state index contributed by atoms with van der Waals surface area (Å²) in [7, 11) is 1.60. The van der Waals surface area contributed by atoms with Crippen molar-refractivity contribution < 1.29 is 14.5 Å². The summed E-state index contributed by atoms with van der Waals surface area (Å²) in [5.74, 6) is 0.636. The van der Waals surface area contributed by atoms with Crippen molar-refractivity contribution >= 4 is 17.3 Å². The molecular formula is C18H20N2O4. The van der Waals surface area contributed by atoms with Gasteiger partial charge in [-0.05, 0) is 42.2 Å². The van der Waals surface area contributed by atoms with Gasteiger partial charge < -0.3 is 10.1 Å². The average Bonchev–Trinajstić information content (AvgIpc) is 2.54. The van der Waals surface area contributed by atoms with Crippen molar-refractivity contribution in [3.05, 3.63) is 63.2 Å². The highest BCUT2D eigenvalue weighted by molar-refractivity contribution is 6.05. The lowest BCUT2D eigenvalue weighted by atomic mass is 9.96. The summed E-state index contributed by atoms with van der Waals surface area (Å²) < 4.78 is 5.38. The third-order valence-electron chi connectivity index (χ3n) is 3.76. The Morgan fingerprint density at radius 3 is 2.54 bits per heavy atom. The number of hydrogen-bond donors (Lipinski definition) is 1. The first kappa shape index (κ1) is 17.5. The fourth-order valence-corrected chi connectivity index (χ4v) is 2.47. The highest BCUT2D eigenvalue weighted by Gasteiger charge is 2.16. The van der Waals surface area contributed by atoms with E-state index in [1.807, 2.05) is 32.9 Å². The topological polar surface area (TPSA) is 81.5 Å². The Balaban J connectivity index is 2.34. The van der Waals surface area contributed by atoms with Crippen molar-refractivity contribution in [2.45, 2.75) is 26.7 Å². The van der Waals surface area contributed by atoms with Crippen molar-refractivity contribution in [1.82, 2.24) is 0 Å². The molecule has 0 heterocycles. The Labute approximate surface area is 140 Å². The lowest BCUT2D eigenvalue weighted by Gasteiger charge is -2.16. The molecule has 2 aromatic carbocycles. The van der Waals surface area contributed by atoms with Crippen LogP contribution in [0.25, 0.3) is 0 Å². The molecule has 0 saturated heterocycles. The molecule has 0 unspecified atom stereocenters. The highest BCUT2D eigenvalue weighted by atomic mass is 16.6. The molecule has 0 bridgehead atoms. The number of carbonyl (C=O) groups is 1. The van der Waals surface area contributed by atoms with Crippen LogP contribution in [0.5, 0.6) is 5.75 Å². The number of ether oxygens (including phenoxy) is 1. The van der Waals surface area contributed by atoms with Crippen molar-refractivity contribution in [1.29, 1.82) is 0 Å². The molecule has 2 rings (SSSR count). The van der Waals surface area contributed by atoms with Crippen molar-refractivity contribution in [3.8, 4) is 5.75 Å². The third kappa shape index (κ3) is 3.71. The smallest absolute Gasteiger partial charge is 0.271 e. The predicted octanol–water partition coefficient (Wildman–Crippen LogP) is 4.29. The summed E-state index contributed by atoms with van der Waals surface area (Å²) in [6, 6.07) is 9.51. The molecule has 6 heteroatoms. The Hall–Kier alpha value is -2.89. The van der Waals surface area contributed by atoms with Crippen molar-refractivity contribution in [2.75, 3.05) is 12.4 Å². The molecule has 126 valence electrons. The summed E-state index contributed by atoms with van der Waals surface area (Å²) in [6.07, 6.45) is 0. The van der Waals surface area contributed by atoms with E-state index >= 15 is 0 Å². The van der Waals surface area contributed by atoms with E-state index in [-0.39, 0.29) is 17.5 Å². The molecule has 0 aromatic heterocycles. The highest BCUT2D eigenvalue weighted by Crippen LogP contribution is 2.30. The number of carbonyl (C=O) groups excluding carboxylic acids is 1. The van der Waals surface area contributed by atoms with Crippen LogP contribution in [0, 0.1) is 17.0 Å². The second-order valence-corrected chi connectivity index (χ2v) is 5.83. The van der Waals surface area contributed by atoms with E-state index in [1.54, 1.807) is 13.2 Å². The quantitative estimate of drug-likeness (QED) is 0.656. The summed E-state index contributed by atoms with van der Waals surface area (Å²) in [4.78, 5) is 22.9. The molecule has 2 aromatic rings. The fourth-order valence-electron chi connectivity index (χ4n) is 2.47. The summed E-state index contributed by atoms with van der Waals surface area (Å²) in [5.41, 5.74) is 2.55. The first-order chi connectivity index (χ1) is 11.3. The van der Waals surface area contributed by atoms with Gasteiger partial charge in [0.25, 0.3) is 11.6 Å². The molecule has 0 atom stereocenters. The molecule has 24 heavy (non-hydrogen) atoms. The molecule has 6 nitrogen and oxygen atoms in total. The predicted molar refractivity (Wildman–Crippen MR) is 92.9 cm³/mol. The van der Waals surface area contributed by atoms with Crippen LogP contribution in [0.15, 0.2) is 36.4 Å². The fraction of sp³-hybridized carbons (Fsp3) is 0.278. The molecule has 0 saturated carbocycles. The Morgan fingerprint density at radius 2 is 1.96 bits per heavy atom. The van der Waals surface area contributed by atoms with Crippen LogP contribution in [0.4, 0.5) is 11.4 Å². The van der Waals surface area contributed by atoms with Crippen LogP contribution in [0.2, 0.25) is 0 Å². The van der Waals surface area contributed by atoms with Gasteiger partial charge in [-0.1, -0.05) is 19.9 Å². The normalized spacial score (nSPS) is 10.5. The SMILES string of the molecule is COc1cc(C)c(C(=O)Nc2cccc([N+](=O)[O-])c2)cc1C(C)C. The molecule has 0 fully saturated rings. The van der Waals surface area contributed by atoms with E-state index in [0.717, 1.165) is 16.9 Å². The monoisotopic (exact) mass is 328 g/mol. The average molecular weight is 328 g/mol. The van der Waals surface area contributed by atoms with Gasteiger partial charge in [-0.25, -0.2) is 0 Å². The zero-order chi connectivity index (χ0) is 17.9. The van der Waals surface area contributed by atoms with Gasteiger partial charge >= 0.3 is 0 Å².